The number of nitrogens with two attached hydrogens (primary N) is 1. The molecule has 7 heteroatoms. The van der Waals surface area contributed by atoms with E-state index in [4.69, 9.17) is 17.3 Å². The molecule has 0 unspecified atom stereocenters. The number of amides is 1. The number of rotatable bonds is 2. The zero-order valence-corrected chi connectivity index (χ0v) is 12.2. The van der Waals surface area contributed by atoms with E-state index in [-0.39, 0.29) is 21.4 Å². The van der Waals surface area contributed by atoms with E-state index in [1.165, 1.54) is 18.2 Å². The molecule has 0 bridgehead atoms. The van der Waals surface area contributed by atoms with Crippen LogP contribution in [0.15, 0.2) is 34.8 Å². The summed E-state index contributed by atoms with van der Waals surface area (Å²) in [5.41, 5.74) is 5.80. The molecule has 3 nitrogen and oxygen atoms in total. The summed E-state index contributed by atoms with van der Waals surface area (Å²) in [5, 5.41) is 2.64. The van der Waals surface area contributed by atoms with Crippen LogP contribution in [-0.2, 0) is 0 Å². The Morgan fingerprint density at radius 1 is 1.20 bits per heavy atom. The van der Waals surface area contributed by atoms with E-state index in [1.54, 1.807) is 0 Å². The average molecular weight is 362 g/mol. The van der Waals surface area contributed by atoms with Gasteiger partial charge < -0.3 is 11.1 Å². The zero-order chi connectivity index (χ0) is 14.9. The largest absolute Gasteiger partial charge is 0.398 e. The van der Waals surface area contributed by atoms with Crippen LogP contribution in [0.5, 0.6) is 0 Å². The van der Waals surface area contributed by atoms with Gasteiger partial charge in [0, 0.05) is 16.8 Å². The van der Waals surface area contributed by atoms with Crippen LogP contribution in [0.25, 0.3) is 0 Å². The highest BCUT2D eigenvalue weighted by Crippen LogP contribution is 2.25. The van der Waals surface area contributed by atoms with Crippen molar-refractivity contribution in [3.63, 3.8) is 0 Å². The number of halogens is 4. The number of hydrogen-bond acceptors (Lipinski definition) is 2. The van der Waals surface area contributed by atoms with Gasteiger partial charge in [-0.05, 0) is 40.2 Å². The molecule has 2 aromatic rings. The molecule has 0 fully saturated rings. The van der Waals surface area contributed by atoms with Crippen molar-refractivity contribution < 1.29 is 13.6 Å². The van der Waals surface area contributed by atoms with E-state index >= 15 is 0 Å². The number of nitrogen functional groups attached to an aromatic ring is 1. The van der Waals surface area contributed by atoms with E-state index in [0.717, 1.165) is 6.07 Å². The standard InChI is InChI=1S/C13H8BrClF2N2O/c14-8-4-12(10(17)5-9(8)16)19-13(20)7-3-6(15)1-2-11(7)18/h1-5H,18H2,(H,19,20). The highest BCUT2D eigenvalue weighted by Gasteiger charge is 2.14. The maximum atomic E-state index is 13.6. The lowest BCUT2D eigenvalue weighted by Crippen LogP contribution is -2.15. The highest BCUT2D eigenvalue weighted by atomic mass is 79.9. The first-order chi connectivity index (χ1) is 9.38. The first kappa shape index (κ1) is 14.7. The fourth-order valence-electron chi connectivity index (χ4n) is 1.53. The second kappa shape index (κ2) is 5.76. The van der Waals surface area contributed by atoms with Gasteiger partial charge in [0.25, 0.3) is 5.91 Å². The van der Waals surface area contributed by atoms with Crippen LogP contribution in [-0.4, -0.2) is 5.91 Å². The van der Waals surface area contributed by atoms with Crippen LogP contribution in [0, 0.1) is 11.6 Å². The van der Waals surface area contributed by atoms with Crippen molar-refractivity contribution >= 4 is 44.8 Å². The Kier molecular flexibility index (Phi) is 4.25. The minimum Gasteiger partial charge on any atom is -0.398 e. The summed E-state index contributed by atoms with van der Waals surface area (Å²) in [7, 11) is 0. The minimum absolute atomic E-state index is 0.0354. The van der Waals surface area contributed by atoms with Gasteiger partial charge in [-0.2, -0.15) is 0 Å². The van der Waals surface area contributed by atoms with Gasteiger partial charge >= 0.3 is 0 Å². The Balaban J connectivity index is 2.32. The van der Waals surface area contributed by atoms with Crippen molar-refractivity contribution in [2.75, 3.05) is 11.1 Å². The monoisotopic (exact) mass is 360 g/mol. The normalized spacial score (nSPS) is 10.4. The van der Waals surface area contributed by atoms with E-state index in [1.807, 2.05) is 0 Å². The SMILES string of the molecule is Nc1ccc(Cl)cc1C(=O)Nc1cc(Br)c(F)cc1F. The predicted molar refractivity (Wildman–Crippen MR) is 77.9 cm³/mol. The van der Waals surface area contributed by atoms with Crippen LogP contribution in [0.2, 0.25) is 5.02 Å². The summed E-state index contributed by atoms with van der Waals surface area (Å²) in [6.07, 6.45) is 0. The molecule has 0 atom stereocenters. The van der Waals surface area contributed by atoms with Gasteiger partial charge in [-0.25, -0.2) is 8.78 Å². The fourth-order valence-corrected chi connectivity index (χ4v) is 2.05. The zero-order valence-electron chi connectivity index (χ0n) is 9.88. The summed E-state index contributed by atoms with van der Waals surface area (Å²) in [5.74, 6) is -2.29. The van der Waals surface area contributed by atoms with E-state index in [0.29, 0.717) is 11.1 Å². The fraction of sp³-hybridized carbons (Fsp3) is 0. The van der Waals surface area contributed by atoms with E-state index in [2.05, 4.69) is 21.2 Å². The topological polar surface area (TPSA) is 55.1 Å². The Hall–Kier alpha value is -1.66. The van der Waals surface area contributed by atoms with Gasteiger partial charge in [0.1, 0.15) is 11.6 Å². The number of carbonyl (C=O) groups excluding carboxylic acids is 1. The van der Waals surface area contributed by atoms with Crippen LogP contribution in [0.3, 0.4) is 0 Å². The van der Waals surface area contributed by atoms with Crippen molar-refractivity contribution in [3.8, 4) is 0 Å². The molecule has 1 amide bonds. The quantitative estimate of drug-likeness (QED) is 0.622. The molecule has 0 radical (unpaired) electrons. The minimum atomic E-state index is -0.889. The first-order valence-electron chi connectivity index (χ1n) is 5.39. The maximum absolute atomic E-state index is 13.6. The third kappa shape index (κ3) is 3.08. The van der Waals surface area contributed by atoms with E-state index < -0.39 is 17.5 Å². The molecular formula is C13H8BrClF2N2O. The van der Waals surface area contributed by atoms with Gasteiger partial charge in [-0.1, -0.05) is 11.6 Å². The van der Waals surface area contributed by atoms with Crippen LogP contribution in [0.1, 0.15) is 10.4 Å². The molecule has 0 saturated carbocycles. The second-order valence-electron chi connectivity index (χ2n) is 3.93. The third-order valence-corrected chi connectivity index (χ3v) is 3.36. The van der Waals surface area contributed by atoms with Crippen LogP contribution >= 0.6 is 27.5 Å². The van der Waals surface area contributed by atoms with Gasteiger partial charge in [0.05, 0.1) is 15.7 Å². The van der Waals surface area contributed by atoms with Gasteiger partial charge in [-0.15, -0.1) is 0 Å². The van der Waals surface area contributed by atoms with Crippen molar-refractivity contribution in [2.24, 2.45) is 0 Å². The highest BCUT2D eigenvalue weighted by molar-refractivity contribution is 9.10. The molecule has 0 saturated heterocycles. The summed E-state index contributed by atoms with van der Waals surface area (Å²) < 4.78 is 26.7. The van der Waals surface area contributed by atoms with Crippen molar-refractivity contribution in [2.45, 2.75) is 0 Å². The molecular weight excluding hydrogens is 354 g/mol. The lowest BCUT2D eigenvalue weighted by molar-refractivity contribution is 0.102. The molecule has 3 N–H and O–H groups in total. The summed E-state index contributed by atoms with van der Waals surface area (Å²) in [6.45, 7) is 0. The molecule has 20 heavy (non-hydrogen) atoms. The van der Waals surface area contributed by atoms with E-state index in [9.17, 15) is 13.6 Å². The molecule has 104 valence electrons. The van der Waals surface area contributed by atoms with Gasteiger partial charge in [-0.3, -0.25) is 4.79 Å². The third-order valence-electron chi connectivity index (χ3n) is 2.52. The number of benzene rings is 2. The van der Waals surface area contributed by atoms with Crippen LogP contribution < -0.4 is 11.1 Å². The molecule has 0 aliphatic carbocycles. The summed E-state index contributed by atoms with van der Waals surface area (Å²) in [4.78, 5) is 12.0. The first-order valence-corrected chi connectivity index (χ1v) is 6.56. The van der Waals surface area contributed by atoms with Crippen molar-refractivity contribution in [1.29, 1.82) is 0 Å². The summed E-state index contributed by atoms with van der Waals surface area (Å²) >= 11 is 8.69. The van der Waals surface area contributed by atoms with Gasteiger partial charge in [0.15, 0.2) is 0 Å². The average Bonchev–Trinajstić information content (AvgIpc) is 2.38. The van der Waals surface area contributed by atoms with Crippen molar-refractivity contribution in [3.05, 3.63) is 57.0 Å². The van der Waals surface area contributed by atoms with Gasteiger partial charge in [0.2, 0.25) is 0 Å². The Bertz CT molecular complexity index is 694. The molecule has 2 aromatic carbocycles. The summed E-state index contributed by atoms with van der Waals surface area (Å²) in [6, 6.07) is 6.16. The molecule has 0 heterocycles. The second-order valence-corrected chi connectivity index (χ2v) is 5.22. The smallest absolute Gasteiger partial charge is 0.257 e. The maximum Gasteiger partial charge on any atom is 0.257 e. The molecule has 2 rings (SSSR count). The Morgan fingerprint density at radius 3 is 2.60 bits per heavy atom. The number of nitrogens with one attached hydrogen (secondary N) is 1. The predicted octanol–water partition coefficient (Wildman–Crippen LogP) is 4.22. The Morgan fingerprint density at radius 2 is 1.90 bits per heavy atom. The lowest BCUT2D eigenvalue weighted by Gasteiger charge is -2.09. The number of carbonyl (C=O) groups is 1. The molecule has 0 aromatic heterocycles. The van der Waals surface area contributed by atoms with Crippen molar-refractivity contribution in [1.82, 2.24) is 0 Å². The Labute approximate surface area is 126 Å². The molecule has 0 aliphatic rings. The van der Waals surface area contributed by atoms with Crippen LogP contribution in [0.4, 0.5) is 20.2 Å². The molecule has 0 spiro atoms. The number of hydrogen-bond donors (Lipinski definition) is 2. The lowest BCUT2D eigenvalue weighted by atomic mass is 10.1. The molecule has 0 aliphatic heterocycles. The number of anilines is 2.